The molecule has 0 saturated carbocycles. The molecule has 4 atom stereocenters. The van der Waals surface area contributed by atoms with Gasteiger partial charge in [-0.1, -0.05) is 88.7 Å². The minimum absolute atomic E-state index is 0.0312. The second kappa shape index (κ2) is 13.6. The molecule has 1 aliphatic heterocycles. The molecular formula is C31H35BrN2O4. The van der Waals surface area contributed by atoms with Crippen LogP contribution in [0.25, 0.3) is 0 Å². The molecule has 38 heavy (non-hydrogen) atoms. The van der Waals surface area contributed by atoms with Crippen LogP contribution in [0, 0.1) is 5.92 Å². The van der Waals surface area contributed by atoms with Gasteiger partial charge in [0.05, 0.1) is 25.2 Å². The fourth-order valence-electron chi connectivity index (χ4n) is 5.11. The largest absolute Gasteiger partial charge is 0.497 e. The van der Waals surface area contributed by atoms with E-state index in [1.54, 1.807) is 7.11 Å². The molecule has 2 N–H and O–H groups in total. The smallest absolute Gasteiger partial charge is 0.228 e. The van der Waals surface area contributed by atoms with Gasteiger partial charge >= 0.3 is 0 Å². The van der Waals surface area contributed by atoms with E-state index in [1.807, 2.05) is 89.8 Å². The van der Waals surface area contributed by atoms with Crippen LogP contribution in [-0.2, 0) is 16.1 Å². The van der Waals surface area contributed by atoms with Crippen molar-refractivity contribution in [2.24, 2.45) is 5.92 Å². The van der Waals surface area contributed by atoms with Gasteiger partial charge in [0.15, 0.2) is 0 Å². The molecule has 1 saturated heterocycles. The highest BCUT2D eigenvalue weighted by atomic mass is 79.9. The molecule has 200 valence electrons. The number of β-lactam (4-membered cyclic amide) rings is 1. The standard InChI is InChI=1S/C31H35BrN2O4/c1-38-26-15-12-24(13-16-26)30-27(17-18-28(35)23-10-6-3-7-11-23)31(37)34(30)25(20-32)14-19-29(36)33-21-22-8-4-2-5-9-22/h2-13,15-16,25,27-28,30,35H,14,17-21H2,1H3,(H,33,36). The van der Waals surface area contributed by atoms with Crippen molar-refractivity contribution in [1.29, 1.82) is 0 Å². The van der Waals surface area contributed by atoms with Gasteiger partial charge in [-0.3, -0.25) is 9.59 Å². The number of hydrogen-bond donors (Lipinski definition) is 2. The Morgan fingerprint density at radius 1 is 1.00 bits per heavy atom. The normalized spacial score (nSPS) is 18.4. The molecule has 4 unspecified atom stereocenters. The van der Waals surface area contributed by atoms with Crippen LogP contribution in [0.15, 0.2) is 84.9 Å². The van der Waals surface area contributed by atoms with Crippen LogP contribution in [0.1, 0.15) is 54.5 Å². The Kier molecular flexibility index (Phi) is 9.96. The van der Waals surface area contributed by atoms with Crippen molar-refractivity contribution in [1.82, 2.24) is 10.2 Å². The maximum atomic E-state index is 13.5. The first-order valence-electron chi connectivity index (χ1n) is 13.1. The Hall–Kier alpha value is -3.16. The molecule has 1 heterocycles. The zero-order valence-corrected chi connectivity index (χ0v) is 23.2. The summed E-state index contributed by atoms with van der Waals surface area (Å²) in [5.74, 6) is 0.570. The van der Waals surface area contributed by atoms with Crippen LogP contribution in [0.4, 0.5) is 0 Å². The van der Waals surface area contributed by atoms with Gasteiger partial charge < -0.3 is 20.1 Å². The Bertz CT molecular complexity index is 1170. The zero-order chi connectivity index (χ0) is 26.9. The van der Waals surface area contributed by atoms with E-state index in [0.29, 0.717) is 37.6 Å². The minimum atomic E-state index is -0.616. The highest BCUT2D eigenvalue weighted by Gasteiger charge is 2.50. The SMILES string of the molecule is COc1ccc(C2C(CCC(O)c3ccccc3)C(=O)N2C(CBr)CCC(=O)NCc2ccccc2)cc1. The summed E-state index contributed by atoms with van der Waals surface area (Å²) < 4.78 is 5.33. The molecule has 6 nitrogen and oxygen atoms in total. The number of likely N-dealkylation sites (tertiary alicyclic amines) is 1. The van der Waals surface area contributed by atoms with Gasteiger partial charge in [0.1, 0.15) is 5.75 Å². The van der Waals surface area contributed by atoms with Crippen molar-refractivity contribution in [3.8, 4) is 5.75 Å². The van der Waals surface area contributed by atoms with E-state index >= 15 is 0 Å². The van der Waals surface area contributed by atoms with E-state index in [9.17, 15) is 14.7 Å². The summed E-state index contributed by atoms with van der Waals surface area (Å²) in [6, 6.07) is 26.9. The van der Waals surface area contributed by atoms with Crippen molar-refractivity contribution in [2.75, 3.05) is 12.4 Å². The average molecular weight is 580 g/mol. The molecule has 3 aromatic rings. The van der Waals surface area contributed by atoms with Crippen molar-refractivity contribution in [2.45, 2.75) is 50.4 Å². The number of halogens is 1. The van der Waals surface area contributed by atoms with Gasteiger partial charge in [0, 0.05) is 24.3 Å². The average Bonchev–Trinajstić information content (AvgIpc) is 2.97. The number of alkyl halides is 1. The number of rotatable bonds is 13. The van der Waals surface area contributed by atoms with E-state index in [1.165, 1.54) is 0 Å². The number of carbonyl (C=O) groups excluding carboxylic acids is 2. The van der Waals surface area contributed by atoms with Crippen LogP contribution >= 0.6 is 15.9 Å². The number of nitrogens with zero attached hydrogens (tertiary/aromatic N) is 1. The van der Waals surface area contributed by atoms with E-state index in [0.717, 1.165) is 22.4 Å². The maximum absolute atomic E-state index is 13.5. The molecule has 0 spiro atoms. The van der Waals surface area contributed by atoms with Gasteiger partial charge in [0.25, 0.3) is 0 Å². The van der Waals surface area contributed by atoms with Gasteiger partial charge in [-0.25, -0.2) is 0 Å². The first kappa shape index (κ1) is 27.9. The summed E-state index contributed by atoms with van der Waals surface area (Å²) in [7, 11) is 1.63. The first-order valence-corrected chi connectivity index (χ1v) is 14.2. The number of hydrogen-bond acceptors (Lipinski definition) is 4. The number of amides is 2. The molecule has 7 heteroatoms. The summed E-state index contributed by atoms with van der Waals surface area (Å²) >= 11 is 3.59. The molecule has 2 amide bonds. The molecule has 4 rings (SSSR count). The van der Waals surface area contributed by atoms with E-state index in [-0.39, 0.29) is 29.8 Å². The van der Waals surface area contributed by atoms with Crippen molar-refractivity contribution in [3.63, 3.8) is 0 Å². The number of methoxy groups -OCH3 is 1. The Morgan fingerprint density at radius 2 is 1.66 bits per heavy atom. The zero-order valence-electron chi connectivity index (χ0n) is 21.6. The summed E-state index contributed by atoms with van der Waals surface area (Å²) in [6.07, 6.45) is 1.36. The molecule has 1 fully saturated rings. The molecule has 0 bridgehead atoms. The maximum Gasteiger partial charge on any atom is 0.228 e. The number of ether oxygens (including phenoxy) is 1. The lowest BCUT2D eigenvalue weighted by Gasteiger charge is -2.51. The Labute approximate surface area is 233 Å². The third-order valence-electron chi connectivity index (χ3n) is 7.25. The van der Waals surface area contributed by atoms with Gasteiger partial charge in [-0.2, -0.15) is 0 Å². The van der Waals surface area contributed by atoms with E-state index < -0.39 is 6.10 Å². The number of aliphatic hydroxyl groups is 1. The predicted molar refractivity (Wildman–Crippen MR) is 152 cm³/mol. The molecule has 0 radical (unpaired) electrons. The van der Waals surface area contributed by atoms with Crippen LogP contribution in [-0.4, -0.2) is 40.3 Å². The van der Waals surface area contributed by atoms with Crippen LogP contribution in [0.5, 0.6) is 5.75 Å². The van der Waals surface area contributed by atoms with Crippen molar-refractivity contribution < 1.29 is 19.4 Å². The number of benzene rings is 3. The summed E-state index contributed by atoms with van der Waals surface area (Å²) in [6.45, 7) is 0.488. The van der Waals surface area contributed by atoms with Crippen molar-refractivity contribution in [3.05, 3.63) is 102 Å². The van der Waals surface area contributed by atoms with Crippen LogP contribution < -0.4 is 10.1 Å². The van der Waals surface area contributed by atoms with Crippen LogP contribution in [0.3, 0.4) is 0 Å². The molecule has 3 aromatic carbocycles. The second-order valence-corrected chi connectivity index (χ2v) is 10.3. The fourth-order valence-corrected chi connectivity index (χ4v) is 5.75. The monoisotopic (exact) mass is 578 g/mol. The summed E-state index contributed by atoms with van der Waals surface area (Å²) in [4.78, 5) is 28.0. The molecule has 1 aliphatic rings. The van der Waals surface area contributed by atoms with Crippen molar-refractivity contribution >= 4 is 27.7 Å². The summed E-state index contributed by atoms with van der Waals surface area (Å²) in [5, 5.41) is 14.3. The van der Waals surface area contributed by atoms with Crippen LogP contribution in [0.2, 0.25) is 0 Å². The summed E-state index contributed by atoms with van der Waals surface area (Å²) in [5.41, 5.74) is 2.94. The Balaban J connectivity index is 1.42. The third kappa shape index (κ3) is 6.83. The fraction of sp³-hybridized carbons (Fsp3) is 0.355. The number of nitrogens with one attached hydrogen (secondary N) is 1. The number of aliphatic hydroxyl groups excluding tert-OH is 1. The highest BCUT2D eigenvalue weighted by molar-refractivity contribution is 9.09. The van der Waals surface area contributed by atoms with E-state index in [4.69, 9.17) is 4.74 Å². The minimum Gasteiger partial charge on any atom is -0.497 e. The Morgan fingerprint density at radius 3 is 2.29 bits per heavy atom. The number of carbonyl (C=O) groups is 2. The predicted octanol–water partition coefficient (Wildman–Crippen LogP) is 5.57. The lowest BCUT2D eigenvalue weighted by Crippen LogP contribution is -2.59. The first-order chi connectivity index (χ1) is 18.5. The topological polar surface area (TPSA) is 78.9 Å². The molecule has 0 aromatic heterocycles. The van der Waals surface area contributed by atoms with Gasteiger partial charge in [-0.05, 0) is 48.1 Å². The second-order valence-electron chi connectivity index (χ2n) is 9.68. The quantitative estimate of drug-likeness (QED) is 0.205. The highest BCUT2D eigenvalue weighted by Crippen LogP contribution is 2.46. The van der Waals surface area contributed by atoms with Gasteiger partial charge in [0.2, 0.25) is 11.8 Å². The lowest BCUT2D eigenvalue weighted by molar-refractivity contribution is -0.162. The lowest BCUT2D eigenvalue weighted by atomic mass is 9.77. The molecule has 0 aliphatic carbocycles. The van der Waals surface area contributed by atoms with Gasteiger partial charge in [-0.15, -0.1) is 0 Å². The molecular weight excluding hydrogens is 544 g/mol. The van der Waals surface area contributed by atoms with E-state index in [2.05, 4.69) is 21.2 Å². The third-order valence-corrected chi connectivity index (χ3v) is 8.00.